The molecule has 1 aliphatic rings. The third-order valence-corrected chi connectivity index (χ3v) is 3.10. The van der Waals surface area contributed by atoms with Gasteiger partial charge in [0.1, 0.15) is 0 Å². The Morgan fingerprint density at radius 2 is 2.32 bits per heavy atom. The molecule has 1 aromatic rings. The van der Waals surface area contributed by atoms with E-state index in [0.717, 1.165) is 12.1 Å². The summed E-state index contributed by atoms with van der Waals surface area (Å²) in [6.07, 6.45) is 0.940. The Labute approximate surface area is 113 Å². The van der Waals surface area contributed by atoms with Crippen LogP contribution in [0.5, 0.6) is 0 Å². The number of rotatable bonds is 4. The number of aryl methyl sites for hydroxylation is 1. The van der Waals surface area contributed by atoms with Gasteiger partial charge in [-0.1, -0.05) is 19.1 Å². The topological polar surface area (TPSA) is 61.4 Å². The van der Waals surface area contributed by atoms with Crippen LogP contribution in [0.1, 0.15) is 12.5 Å². The summed E-state index contributed by atoms with van der Waals surface area (Å²) < 4.78 is 0. The zero-order valence-electron chi connectivity index (χ0n) is 11.1. The minimum Gasteiger partial charge on any atom is -0.354 e. The zero-order valence-corrected chi connectivity index (χ0v) is 11.1. The molecule has 19 heavy (non-hydrogen) atoms. The first-order chi connectivity index (χ1) is 9.17. The molecule has 0 spiro atoms. The van der Waals surface area contributed by atoms with Gasteiger partial charge in [-0.25, -0.2) is 0 Å². The van der Waals surface area contributed by atoms with E-state index in [2.05, 4.69) is 17.6 Å². The molecule has 0 saturated carbocycles. The van der Waals surface area contributed by atoms with Gasteiger partial charge < -0.3 is 10.6 Å². The molecule has 0 bridgehead atoms. The van der Waals surface area contributed by atoms with Gasteiger partial charge >= 0.3 is 0 Å². The summed E-state index contributed by atoms with van der Waals surface area (Å²) in [4.78, 5) is 25.0. The van der Waals surface area contributed by atoms with Gasteiger partial charge in [0, 0.05) is 18.8 Å². The van der Waals surface area contributed by atoms with Gasteiger partial charge in [-0.2, -0.15) is 0 Å². The third kappa shape index (κ3) is 4.06. The largest absolute Gasteiger partial charge is 0.354 e. The lowest BCUT2D eigenvalue weighted by atomic mass is 10.1. The van der Waals surface area contributed by atoms with E-state index in [4.69, 9.17) is 0 Å². The maximum Gasteiger partial charge on any atom is 0.238 e. The van der Waals surface area contributed by atoms with Gasteiger partial charge in [0.25, 0.3) is 0 Å². The molecular formula is C14H19N3O2. The van der Waals surface area contributed by atoms with Crippen LogP contribution in [-0.4, -0.2) is 42.9 Å². The summed E-state index contributed by atoms with van der Waals surface area (Å²) in [5.41, 5.74) is 2.00. The summed E-state index contributed by atoms with van der Waals surface area (Å²) in [5.74, 6) is -0.102. The molecule has 5 nitrogen and oxygen atoms in total. The van der Waals surface area contributed by atoms with Crippen molar-refractivity contribution in [2.75, 3.05) is 31.5 Å². The van der Waals surface area contributed by atoms with Crippen molar-refractivity contribution in [1.82, 2.24) is 10.2 Å². The van der Waals surface area contributed by atoms with Crippen molar-refractivity contribution in [2.24, 2.45) is 0 Å². The first-order valence-electron chi connectivity index (χ1n) is 6.55. The number of piperazine rings is 1. The van der Waals surface area contributed by atoms with E-state index in [1.807, 2.05) is 29.2 Å². The highest BCUT2D eigenvalue weighted by atomic mass is 16.2. The van der Waals surface area contributed by atoms with Gasteiger partial charge in [-0.3, -0.25) is 14.5 Å². The molecular weight excluding hydrogens is 242 g/mol. The fourth-order valence-electron chi connectivity index (χ4n) is 2.10. The number of carbonyl (C=O) groups is 2. The molecule has 1 fully saturated rings. The van der Waals surface area contributed by atoms with Crippen LogP contribution < -0.4 is 10.6 Å². The molecule has 1 heterocycles. The summed E-state index contributed by atoms with van der Waals surface area (Å²) >= 11 is 0. The molecule has 0 aromatic heterocycles. The predicted molar refractivity (Wildman–Crippen MR) is 73.9 cm³/mol. The van der Waals surface area contributed by atoms with E-state index in [0.29, 0.717) is 19.6 Å². The maximum absolute atomic E-state index is 11.9. The molecule has 2 N–H and O–H groups in total. The fraction of sp³-hybridized carbons (Fsp3) is 0.429. The molecule has 102 valence electrons. The quantitative estimate of drug-likeness (QED) is 0.835. The lowest BCUT2D eigenvalue weighted by molar-refractivity contribution is -0.125. The normalized spacial score (nSPS) is 15.9. The van der Waals surface area contributed by atoms with Crippen LogP contribution >= 0.6 is 0 Å². The number of hydrogen-bond donors (Lipinski definition) is 2. The van der Waals surface area contributed by atoms with Crippen molar-refractivity contribution in [3.8, 4) is 0 Å². The van der Waals surface area contributed by atoms with Crippen LogP contribution in [0, 0.1) is 0 Å². The minimum absolute atomic E-state index is 0.0213. The molecule has 0 unspecified atom stereocenters. The molecule has 2 amide bonds. The van der Waals surface area contributed by atoms with Crippen LogP contribution in [-0.2, 0) is 16.0 Å². The molecule has 2 rings (SSSR count). The van der Waals surface area contributed by atoms with E-state index in [-0.39, 0.29) is 18.4 Å². The molecule has 0 radical (unpaired) electrons. The second-order valence-electron chi connectivity index (χ2n) is 4.66. The molecule has 1 aromatic carbocycles. The first-order valence-corrected chi connectivity index (χ1v) is 6.55. The lowest BCUT2D eigenvalue weighted by Crippen LogP contribution is -2.49. The Bertz CT molecular complexity index is 474. The second kappa shape index (κ2) is 6.33. The minimum atomic E-state index is -0.0806. The van der Waals surface area contributed by atoms with E-state index in [1.54, 1.807) is 0 Å². The highest BCUT2D eigenvalue weighted by Gasteiger charge is 2.18. The second-order valence-corrected chi connectivity index (χ2v) is 4.66. The number of nitrogens with one attached hydrogen (secondary N) is 2. The van der Waals surface area contributed by atoms with E-state index in [1.165, 1.54) is 5.56 Å². The van der Waals surface area contributed by atoms with Gasteiger partial charge in [-0.05, 0) is 24.1 Å². The number of hydrogen-bond acceptors (Lipinski definition) is 3. The predicted octanol–water partition coefficient (Wildman–Crippen LogP) is 0.619. The fourth-order valence-corrected chi connectivity index (χ4v) is 2.10. The Morgan fingerprint density at radius 3 is 3.05 bits per heavy atom. The molecule has 0 atom stereocenters. The molecule has 1 saturated heterocycles. The summed E-state index contributed by atoms with van der Waals surface area (Å²) in [7, 11) is 0. The van der Waals surface area contributed by atoms with Crippen molar-refractivity contribution in [1.29, 1.82) is 0 Å². The van der Waals surface area contributed by atoms with Gasteiger partial charge in [0.15, 0.2) is 0 Å². The molecule has 1 aliphatic heterocycles. The van der Waals surface area contributed by atoms with Crippen molar-refractivity contribution in [2.45, 2.75) is 13.3 Å². The Morgan fingerprint density at radius 1 is 1.47 bits per heavy atom. The van der Waals surface area contributed by atoms with Crippen LogP contribution in [0.3, 0.4) is 0 Å². The SMILES string of the molecule is CCc1cccc(NC(=O)CN2CCNC(=O)C2)c1. The molecule has 0 aliphatic carbocycles. The van der Waals surface area contributed by atoms with Gasteiger partial charge in [-0.15, -0.1) is 0 Å². The van der Waals surface area contributed by atoms with Crippen molar-refractivity contribution in [3.63, 3.8) is 0 Å². The summed E-state index contributed by atoms with van der Waals surface area (Å²) in [6.45, 7) is 3.95. The van der Waals surface area contributed by atoms with Crippen molar-refractivity contribution < 1.29 is 9.59 Å². The number of nitrogens with zero attached hydrogens (tertiary/aromatic N) is 1. The molecule has 5 heteroatoms. The average Bonchev–Trinajstić information content (AvgIpc) is 2.38. The number of benzene rings is 1. The monoisotopic (exact) mass is 261 g/mol. The number of carbonyl (C=O) groups excluding carboxylic acids is 2. The van der Waals surface area contributed by atoms with Gasteiger partial charge in [0.2, 0.25) is 11.8 Å². The smallest absolute Gasteiger partial charge is 0.238 e. The Balaban J connectivity index is 1.88. The highest BCUT2D eigenvalue weighted by molar-refractivity contribution is 5.92. The number of anilines is 1. The lowest BCUT2D eigenvalue weighted by Gasteiger charge is -2.25. The van der Waals surface area contributed by atoms with Crippen LogP contribution in [0.2, 0.25) is 0 Å². The van der Waals surface area contributed by atoms with E-state index < -0.39 is 0 Å². The van der Waals surface area contributed by atoms with Crippen LogP contribution in [0.15, 0.2) is 24.3 Å². The summed E-state index contributed by atoms with van der Waals surface area (Å²) in [5, 5.41) is 5.60. The maximum atomic E-state index is 11.9. The van der Waals surface area contributed by atoms with Crippen molar-refractivity contribution >= 4 is 17.5 Å². The zero-order chi connectivity index (χ0) is 13.7. The first kappa shape index (κ1) is 13.5. The Kier molecular flexibility index (Phi) is 4.52. The standard InChI is InChI=1S/C14H19N3O2/c1-2-11-4-3-5-12(8-11)16-14(19)10-17-7-6-15-13(18)9-17/h3-5,8H,2,6-7,9-10H2,1H3,(H,15,18)(H,16,19). The van der Waals surface area contributed by atoms with E-state index >= 15 is 0 Å². The van der Waals surface area contributed by atoms with E-state index in [9.17, 15) is 9.59 Å². The van der Waals surface area contributed by atoms with Gasteiger partial charge in [0.05, 0.1) is 13.1 Å². The Hall–Kier alpha value is -1.88. The van der Waals surface area contributed by atoms with Crippen molar-refractivity contribution in [3.05, 3.63) is 29.8 Å². The van der Waals surface area contributed by atoms with Crippen LogP contribution in [0.25, 0.3) is 0 Å². The summed E-state index contributed by atoms with van der Waals surface area (Å²) in [6, 6.07) is 7.81. The number of amides is 2. The van der Waals surface area contributed by atoms with Crippen LogP contribution in [0.4, 0.5) is 5.69 Å². The third-order valence-electron chi connectivity index (χ3n) is 3.10. The highest BCUT2D eigenvalue weighted by Crippen LogP contribution is 2.11. The average molecular weight is 261 g/mol.